The van der Waals surface area contributed by atoms with E-state index in [-0.39, 0.29) is 61.1 Å². The molecule has 7 saturated carbocycles. The highest BCUT2D eigenvalue weighted by Gasteiger charge is 2.62. The minimum atomic E-state index is -5.00. The smallest absolute Gasteiger partial charge is 0.434 e. The lowest BCUT2D eigenvalue weighted by molar-refractivity contribution is -0.163. The first-order valence-electron chi connectivity index (χ1n) is 20.9. The molecule has 2 aromatic rings. The number of carbonyl (C=O) groups excluding carboxylic acids is 1. The van der Waals surface area contributed by atoms with E-state index in [1.807, 2.05) is 18.2 Å². The Bertz CT molecular complexity index is 1880. The molecule has 57 heavy (non-hydrogen) atoms. The number of amides is 1. The Morgan fingerprint density at radius 1 is 0.895 bits per heavy atom. The van der Waals surface area contributed by atoms with Gasteiger partial charge in [0.05, 0.1) is 17.4 Å². The second-order valence-electron chi connectivity index (χ2n) is 18.1. The van der Waals surface area contributed by atoms with Crippen molar-refractivity contribution >= 4 is 29.2 Å². The molecule has 10 nitrogen and oxygen atoms in total. The summed E-state index contributed by atoms with van der Waals surface area (Å²) in [5.41, 5.74) is -1.75. The minimum absolute atomic E-state index is 0.0701. The second kappa shape index (κ2) is 14.4. The zero-order valence-electron chi connectivity index (χ0n) is 32.0. The van der Waals surface area contributed by atoms with E-state index < -0.39 is 40.8 Å². The number of oxime groups is 1. The highest BCUT2D eigenvalue weighted by Crippen LogP contribution is 2.59. The van der Waals surface area contributed by atoms with Gasteiger partial charge in [0.2, 0.25) is 11.9 Å². The van der Waals surface area contributed by atoms with Gasteiger partial charge >= 0.3 is 12.1 Å². The van der Waals surface area contributed by atoms with Crippen LogP contribution in [0.4, 0.5) is 33.6 Å². The largest absolute Gasteiger partial charge is 0.490 e. The Kier molecular flexibility index (Phi) is 9.69. The SMILES string of the molecule is O=C(NC1(C(=O)O)C2CC3CC(C2)CC1C3)c1cnc(N2CC3(CCCCC3)c3cc(O[C@H]4CC[C@@H](ON=C5CCC(F)(F)CC5)CC4)ccc32)nc1C(F)(F)F. The molecule has 2 N–H and O–H groups in total. The van der Waals surface area contributed by atoms with Crippen LogP contribution in [0.2, 0.25) is 0 Å². The number of hydrogen-bond acceptors (Lipinski definition) is 8. The number of carbonyl (C=O) groups is 2. The number of rotatable bonds is 8. The van der Waals surface area contributed by atoms with Gasteiger partial charge in [-0.25, -0.2) is 23.5 Å². The molecule has 1 aliphatic heterocycles. The standard InChI is InChI=1S/C42H50F5N5O5/c43-40(44)14-10-28(11-15-40)51-57-30-6-4-29(5-7-30)56-31-8-9-34-33(21-31)39(12-2-1-3-13-39)23-52(34)38-48-22-32(35(49-38)42(45,46)47)36(53)50-41(37(54)55)26-17-24-16-25(19-26)20-27(41)18-24/h8-9,21-22,24-27,29-30H,1-7,10-20,23H2,(H,50,53)(H,54,55)/t24?,25?,26?,27?,29-,30+,41?. The fourth-order valence-corrected chi connectivity index (χ4v) is 11.8. The molecule has 1 spiro atoms. The van der Waals surface area contributed by atoms with Crippen molar-refractivity contribution < 1.29 is 46.2 Å². The van der Waals surface area contributed by atoms with Crippen LogP contribution in [0.15, 0.2) is 29.6 Å². The third-order valence-corrected chi connectivity index (χ3v) is 14.5. The van der Waals surface area contributed by atoms with Crippen molar-refractivity contribution in [2.75, 3.05) is 11.4 Å². The maximum Gasteiger partial charge on any atom is 0.434 e. The second-order valence-corrected chi connectivity index (χ2v) is 18.1. The maximum absolute atomic E-state index is 14.8. The molecule has 4 bridgehead atoms. The fourth-order valence-electron chi connectivity index (χ4n) is 11.8. The minimum Gasteiger partial charge on any atom is -0.490 e. The van der Waals surface area contributed by atoms with E-state index in [1.165, 1.54) is 0 Å². The zero-order chi connectivity index (χ0) is 39.7. The van der Waals surface area contributed by atoms with E-state index in [9.17, 15) is 36.6 Å². The van der Waals surface area contributed by atoms with Crippen molar-refractivity contribution in [3.8, 4) is 5.75 Å². The Morgan fingerprint density at radius 3 is 2.18 bits per heavy atom. The van der Waals surface area contributed by atoms with Crippen molar-refractivity contribution in [2.24, 2.45) is 28.8 Å². The third kappa shape index (κ3) is 7.12. The van der Waals surface area contributed by atoms with E-state index in [1.54, 1.807) is 4.90 Å². The van der Waals surface area contributed by atoms with Gasteiger partial charge < -0.3 is 24.9 Å². The first kappa shape index (κ1) is 38.5. The number of nitrogens with zero attached hydrogens (tertiary/aromatic N) is 4. The predicted octanol–water partition coefficient (Wildman–Crippen LogP) is 9.13. The number of aromatic nitrogens is 2. The Labute approximate surface area is 328 Å². The van der Waals surface area contributed by atoms with Gasteiger partial charge in [-0.2, -0.15) is 13.2 Å². The highest BCUT2D eigenvalue weighted by atomic mass is 19.4. The summed E-state index contributed by atoms with van der Waals surface area (Å²) in [5, 5.41) is 17.3. The van der Waals surface area contributed by atoms with E-state index in [0.29, 0.717) is 74.1 Å². The lowest BCUT2D eigenvalue weighted by Gasteiger charge is -2.59. The van der Waals surface area contributed by atoms with Gasteiger partial charge in [-0.15, -0.1) is 0 Å². The van der Waals surface area contributed by atoms with Crippen molar-refractivity contribution in [1.29, 1.82) is 0 Å². The Morgan fingerprint density at radius 2 is 1.54 bits per heavy atom. The zero-order valence-corrected chi connectivity index (χ0v) is 32.0. The first-order valence-corrected chi connectivity index (χ1v) is 20.9. The Hall–Kier alpha value is -4.04. The number of aliphatic carboxylic acids is 1. The lowest BCUT2D eigenvalue weighted by atomic mass is 9.48. The van der Waals surface area contributed by atoms with Crippen LogP contribution in [0.3, 0.4) is 0 Å². The van der Waals surface area contributed by atoms with E-state index in [2.05, 4.69) is 20.4 Å². The molecule has 0 atom stereocenters. The van der Waals surface area contributed by atoms with Gasteiger partial charge in [0.1, 0.15) is 17.4 Å². The molecule has 0 radical (unpaired) electrons. The molecular formula is C42H50F5N5O5. The van der Waals surface area contributed by atoms with Crippen LogP contribution in [0, 0.1) is 23.7 Å². The number of halogens is 5. The highest BCUT2D eigenvalue weighted by molar-refractivity contribution is 5.99. The molecule has 0 saturated heterocycles. The summed E-state index contributed by atoms with van der Waals surface area (Å²) in [7, 11) is 0. The number of carboxylic acid groups (broad SMARTS) is 1. The van der Waals surface area contributed by atoms with E-state index in [4.69, 9.17) is 9.57 Å². The van der Waals surface area contributed by atoms with Crippen molar-refractivity contribution in [3.63, 3.8) is 0 Å². The number of benzene rings is 1. The van der Waals surface area contributed by atoms with Gasteiger partial charge in [-0.1, -0.05) is 24.4 Å². The summed E-state index contributed by atoms with van der Waals surface area (Å²) in [5.74, 6) is -4.29. The summed E-state index contributed by atoms with van der Waals surface area (Å²) in [6.45, 7) is 0.380. The van der Waals surface area contributed by atoms with Crippen LogP contribution < -0.4 is 15.0 Å². The Balaban J connectivity index is 0.929. The number of ether oxygens (including phenoxy) is 1. The van der Waals surface area contributed by atoms with Crippen molar-refractivity contribution in [2.45, 2.75) is 151 Å². The molecule has 7 aliphatic carbocycles. The van der Waals surface area contributed by atoms with Crippen LogP contribution in [0.1, 0.15) is 137 Å². The molecule has 0 unspecified atom stereocenters. The van der Waals surface area contributed by atoms with Crippen molar-refractivity contribution in [3.05, 3.63) is 41.2 Å². The number of nitrogens with one attached hydrogen (secondary N) is 1. The van der Waals surface area contributed by atoms with Gasteiger partial charge in [0.25, 0.3) is 5.91 Å². The number of carboxylic acids is 1. The molecule has 1 aromatic carbocycles. The van der Waals surface area contributed by atoms with Crippen LogP contribution in [-0.2, 0) is 21.2 Å². The average molecular weight is 800 g/mol. The summed E-state index contributed by atoms with van der Waals surface area (Å²) < 4.78 is 78.0. The van der Waals surface area contributed by atoms with E-state index >= 15 is 0 Å². The molecule has 1 amide bonds. The summed E-state index contributed by atoms with van der Waals surface area (Å²) in [4.78, 5) is 42.6. The van der Waals surface area contributed by atoms with Gasteiger partial charge in [-0.3, -0.25) is 4.79 Å². The van der Waals surface area contributed by atoms with E-state index in [0.717, 1.165) is 63.1 Å². The van der Waals surface area contributed by atoms with Gasteiger partial charge in [-0.05, 0) is 131 Å². The molecule has 308 valence electrons. The molecule has 7 fully saturated rings. The average Bonchev–Trinajstić information content (AvgIpc) is 3.48. The molecule has 15 heteroatoms. The first-order chi connectivity index (χ1) is 27.2. The fraction of sp³-hybridized carbons (Fsp3) is 0.690. The topological polar surface area (TPSA) is 126 Å². The summed E-state index contributed by atoms with van der Waals surface area (Å²) >= 11 is 0. The number of fused-ring (bicyclic) bond motifs is 2. The van der Waals surface area contributed by atoms with Gasteiger partial charge in [0.15, 0.2) is 5.69 Å². The lowest BCUT2D eigenvalue weighted by Crippen LogP contribution is -2.70. The maximum atomic E-state index is 14.8. The molecule has 2 heterocycles. The van der Waals surface area contributed by atoms with Gasteiger partial charge in [0, 0.05) is 36.7 Å². The summed E-state index contributed by atoms with van der Waals surface area (Å²) in [6.07, 6.45) is 7.04. The van der Waals surface area contributed by atoms with Crippen LogP contribution in [0.25, 0.3) is 0 Å². The normalized spacial score (nSPS) is 32.5. The van der Waals surface area contributed by atoms with Crippen LogP contribution in [-0.4, -0.2) is 62.9 Å². The number of alkyl halides is 5. The number of anilines is 2. The third-order valence-electron chi connectivity index (χ3n) is 14.5. The van der Waals surface area contributed by atoms with Crippen molar-refractivity contribution in [1.82, 2.24) is 15.3 Å². The molecule has 8 aliphatic rings. The van der Waals surface area contributed by atoms with Crippen LogP contribution in [0.5, 0.6) is 5.75 Å². The quantitative estimate of drug-likeness (QED) is 0.200. The molecule has 1 aromatic heterocycles. The summed E-state index contributed by atoms with van der Waals surface area (Å²) in [6, 6.07) is 5.69. The predicted molar refractivity (Wildman–Crippen MR) is 199 cm³/mol. The van der Waals surface area contributed by atoms with Crippen LogP contribution >= 0.6 is 0 Å². The number of hydrogen-bond donors (Lipinski definition) is 2. The molecular weight excluding hydrogens is 749 g/mol. The molecule has 10 rings (SSSR count). The monoisotopic (exact) mass is 799 g/mol.